The average Bonchev–Trinajstić information content (AvgIpc) is 2.86. The highest BCUT2D eigenvalue weighted by atomic mass is 35.5. The summed E-state index contributed by atoms with van der Waals surface area (Å²) in [5.41, 5.74) is 0.422. The summed E-state index contributed by atoms with van der Waals surface area (Å²) < 4.78 is 32.7. The molecule has 7 nitrogen and oxygen atoms in total. The van der Waals surface area contributed by atoms with Crippen molar-refractivity contribution in [3.63, 3.8) is 0 Å². The van der Waals surface area contributed by atoms with Crippen LogP contribution in [0.25, 0.3) is 0 Å². The zero-order chi connectivity index (χ0) is 18.7. The largest absolute Gasteiger partial charge is 0.491 e. The van der Waals surface area contributed by atoms with E-state index >= 15 is 0 Å². The molecule has 2 aliphatic heterocycles. The Morgan fingerprint density at radius 2 is 1.89 bits per heavy atom. The van der Waals surface area contributed by atoms with Crippen molar-refractivity contribution in [1.29, 1.82) is 0 Å². The fraction of sp³-hybridized carbons (Fsp3) is 0.611. The molecule has 2 atom stereocenters. The Kier molecular flexibility index (Phi) is 7.36. The molecule has 1 aromatic carbocycles. The summed E-state index contributed by atoms with van der Waals surface area (Å²) in [4.78, 5) is 14.1. The normalized spacial score (nSPS) is 22.1. The van der Waals surface area contributed by atoms with E-state index in [0.29, 0.717) is 30.6 Å². The Bertz CT molecular complexity index is 739. The second-order valence-electron chi connectivity index (χ2n) is 7.32. The maximum absolute atomic E-state index is 12.5. The van der Waals surface area contributed by atoms with Crippen LogP contribution in [0.2, 0.25) is 0 Å². The zero-order valence-corrected chi connectivity index (χ0v) is 17.3. The molecular weight excluding hydrogens is 390 g/mol. The number of hydrogen-bond acceptors (Lipinski definition) is 5. The van der Waals surface area contributed by atoms with E-state index in [1.54, 1.807) is 29.2 Å². The standard InChI is InChI=1S/C18H27N3O4S.ClH/c1-13(2)25-17-7-5-15(6-8-17)20-26(23,24)12-18(22)21-10-9-14-3-4-16(11-21)19-14;/h5-8,13-14,16,19-20H,3-4,9-12H2,1-2H3;1H. The van der Waals surface area contributed by atoms with E-state index in [1.165, 1.54) is 0 Å². The Balaban J connectivity index is 0.00000261. The lowest BCUT2D eigenvalue weighted by Gasteiger charge is -2.24. The Labute approximate surface area is 167 Å². The summed E-state index contributed by atoms with van der Waals surface area (Å²) >= 11 is 0. The van der Waals surface area contributed by atoms with Crippen molar-refractivity contribution in [2.24, 2.45) is 0 Å². The van der Waals surface area contributed by atoms with Crippen LogP contribution in [-0.4, -0.2) is 56.3 Å². The molecule has 0 spiro atoms. The van der Waals surface area contributed by atoms with E-state index in [9.17, 15) is 13.2 Å². The van der Waals surface area contributed by atoms with Gasteiger partial charge >= 0.3 is 0 Å². The number of carbonyl (C=O) groups is 1. The highest BCUT2D eigenvalue weighted by molar-refractivity contribution is 7.93. The number of hydrogen-bond donors (Lipinski definition) is 2. The Morgan fingerprint density at radius 1 is 1.22 bits per heavy atom. The fourth-order valence-corrected chi connectivity index (χ4v) is 4.59. The molecule has 1 amide bonds. The molecule has 2 fully saturated rings. The number of nitrogens with one attached hydrogen (secondary N) is 2. The molecule has 1 aromatic rings. The molecular formula is C18H28ClN3O4S. The van der Waals surface area contributed by atoms with Gasteiger partial charge in [-0.1, -0.05) is 0 Å². The molecule has 0 radical (unpaired) electrons. The number of halogens is 1. The van der Waals surface area contributed by atoms with Crippen LogP contribution in [-0.2, 0) is 14.8 Å². The molecule has 3 rings (SSSR count). The summed E-state index contributed by atoms with van der Waals surface area (Å²) in [5, 5.41) is 3.49. The molecule has 2 saturated heterocycles. The van der Waals surface area contributed by atoms with Gasteiger partial charge in [0.05, 0.1) is 6.10 Å². The quantitative estimate of drug-likeness (QED) is 0.739. The van der Waals surface area contributed by atoms with Crippen molar-refractivity contribution in [3.8, 4) is 5.75 Å². The van der Waals surface area contributed by atoms with Gasteiger partial charge in [-0.3, -0.25) is 9.52 Å². The maximum atomic E-state index is 12.5. The van der Waals surface area contributed by atoms with Gasteiger partial charge in [-0.25, -0.2) is 8.42 Å². The summed E-state index contributed by atoms with van der Waals surface area (Å²) in [7, 11) is -3.75. The van der Waals surface area contributed by atoms with Crippen molar-refractivity contribution in [1.82, 2.24) is 10.2 Å². The highest BCUT2D eigenvalue weighted by Gasteiger charge is 2.32. The van der Waals surface area contributed by atoms with E-state index in [4.69, 9.17) is 4.74 Å². The average molecular weight is 418 g/mol. The first kappa shape index (κ1) is 21.8. The number of anilines is 1. The smallest absolute Gasteiger partial charge is 0.241 e. The monoisotopic (exact) mass is 417 g/mol. The molecule has 2 N–H and O–H groups in total. The second-order valence-corrected chi connectivity index (χ2v) is 9.04. The van der Waals surface area contributed by atoms with Crippen LogP contribution in [0.1, 0.15) is 33.1 Å². The predicted octanol–water partition coefficient (Wildman–Crippen LogP) is 1.99. The molecule has 0 aliphatic carbocycles. The SMILES string of the molecule is CC(C)Oc1ccc(NS(=O)(=O)CC(=O)N2CCC3CCC(C2)N3)cc1.Cl. The van der Waals surface area contributed by atoms with E-state index in [1.807, 2.05) is 13.8 Å². The van der Waals surface area contributed by atoms with Gasteiger partial charge in [0.15, 0.2) is 0 Å². The van der Waals surface area contributed by atoms with Crippen LogP contribution >= 0.6 is 12.4 Å². The van der Waals surface area contributed by atoms with Crippen molar-refractivity contribution < 1.29 is 17.9 Å². The van der Waals surface area contributed by atoms with Gasteiger partial charge in [-0.05, 0) is 57.4 Å². The molecule has 0 aromatic heterocycles. The lowest BCUT2D eigenvalue weighted by molar-refractivity contribution is -0.128. The third kappa shape index (κ3) is 6.26. The first-order valence-electron chi connectivity index (χ1n) is 9.12. The fourth-order valence-electron chi connectivity index (χ4n) is 3.51. The molecule has 2 aliphatic rings. The number of sulfonamides is 1. The van der Waals surface area contributed by atoms with E-state index in [0.717, 1.165) is 19.3 Å². The first-order chi connectivity index (χ1) is 12.3. The van der Waals surface area contributed by atoms with Crippen LogP contribution in [0.15, 0.2) is 24.3 Å². The van der Waals surface area contributed by atoms with Gasteiger partial charge in [0.25, 0.3) is 0 Å². The van der Waals surface area contributed by atoms with Crippen LogP contribution < -0.4 is 14.8 Å². The zero-order valence-electron chi connectivity index (χ0n) is 15.7. The summed E-state index contributed by atoms with van der Waals surface area (Å²) in [6.45, 7) is 5.05. The van der Waals surface area contributed by atoms with Crippen molar-refractivity contribution >= 4 is 34.0 Å². The molecule has 2 bridgehead atoms. The molecule has 27 heavy (non-hydrogen) atoms. The summed E-state index contributed by atoms with van der Waals surface area (Å²) in [6.07, 6.45) is 3.12. The first-order valence-corrected chi connectivity index (χ1v) is 10.8. The van der Waals surface area contributed by atoms with Gasteiger partial charge in [0.2, 0.25) is 15.9 Å². The minimum atomic E-state index is -3.75. The Morgan fingerprint density at radius 3 is 2.56 bits per heavy atom. The van der Waals surface area contributed by atoms with Crippen LogP contribution in [0.3, 0.4) is 0 Å². The number of fused-ring (bicyclic) bond motifs is 2. The summed E-state index contributed by atoms with van der Waals surface area (Å²) in [5.74, 6) is -0.202. The van der Waals surface area contributed by atoms with E-state index < -0.39 is 15.8 Å². The number of carbonyl (C=O) groups excluding carboxylic acids is 1. The Hall–Kier alpha value is -1.51. The lowest BCUT2D eigenvalue weighted by Crippen LogP contribution is -2.42. The van der Waals surface area contributed by atoms with Gasteiger partial charge < -0.3 is 15.0 Å². The third-order valence-corrected chi connectivity index (χ3v) is 5.86. The van der Waals surface area contributed by atoms with E-state index in [-0.39, 0.29) is 30.5 Å². The van der Waals surface area contributed by atoms with Gasteiger partial charge in [-0.15, -0.1) is 12.4 Å². The minimum Gasteiger partial charge on any atom is -0.491 e. The topological polar surface area (TPSA) is 87.7 Å². The van der Waals surface area contributed by atoms with Crippen LogP contribution in [0, 0.1) is 0 Å². The predicted molar refractivity (Wildman–Crippen MR) is 108 cm³/mol. The number of ether oxygens (including phenoxy) is 1. The highest BCUT2D eigenvalue weighted by Crippen LogP contribution is 2.21. The number of likely N-dealkylation sites (tertiary alicyclic amines) is 1. The van der Waals surface area contributed by atoms with Gasteiger partial charge in [0, 0.05) is 30.9 Å². The van der Waals surface area contributed by atoms with Gasteiger partial charge in [0.1, 0.15) is 11.5 Å². The van der Waals surface area contributed by atoms with E-state index in [2.05, 4.69) is 10.0 Å². The number of rotatable bonds is 6. The number of benzene rings is 1. The molecule has 2 unspecified atom stereocenters. The van der Waals surface area contributed by atoms with Crippen LogP contribution in [0.4, 0.5) is 5.69 Å². The minimum absolute atomic E-state index is 0. The van der Waals surface area contributed by atoms with Crippen molar-refractivity contribution in [2.45, 2.75) is 51.3 Å². The molecule has 152 valence electrons. The third-order valence-electron chi connectivity index (χ3n) is 4.69. The molecule has 2 heterocycles. The lowest BCUT2D eigenvalue weighted by atomic mass is 10.1. The van der Waals surface area contributed by atoms with Crippen molar-refractivity contribution in [2.75, 3.05) is 23.6 Å². The van der Waals surface area contributed by atoms with Crippen molar-refractivity contribution in [3.05, 3.63) is 24.3 Å². The maximum Gasteiger partial charge on any atom is 0.241 e. The molecule has 0 saturated carbocycles. The van der Waals surface area contributed by atoms with Crippen LogP contribution in [0.5, 0.6) is 5.75 Å². The summed E-state index contributed by atoms with van der Waals surface area (Å²) in [6, 6.07) is 7.42. The number of nitrogens with zero attached hydrogens (tertiary/aromatic N) is 1. The number of amides is 1. The van der Waals surface area contributed by atoms with Gasteiger partial charge in [-0.2, -0.15) is 0 Å². The second kappa shape index (κ2) is 9.12. The molecule has 9 heteroatoms.